The van der Waals surface area contributed by atoms with E-state index in [9.17, 15) is 9.59 Å². The minimum atomic E-state index is -0.561. The Bertz CT molecular complexity index is 603. The molecule has 6 heteroatoms. The smallest absolute Gasteiger partial charge is 0.410 e. The molecule has 0 aromatic heterocycles. The summed E-state index contributed by atoms with van der Waals surface area (Å²) in [6.45, 7) is 0. The average molecular weight is 354 g/mol. The number of halogens is 1. The number of esters is 1. The topological polar surface area (TPSA) is 55.8 Å². The van der Waals surface area contributed by atoms with Gasteiger partial charge in [-0.15, -0.1) is 0 Å². The quantitative estimate of drug-likeness (QED) is 0.728. The fraction of sp³-hybridized carbons (Fsp3) is 0.467. The molecule has 1 aliphatic heterocycles. The molecule has 1 amide bonds. The summed E-state index contributed by atoms with van der Waals surface area (Å²) in [5.41, 5.74) is 2.32. The number of rotatable bonds is 1. The van der Waals surface area contributed by atoms with Gasteiger partial charge in [0.15, 0.2) is 0 Å². The van der Waals surface area contributed by atoms with E-state index in [-0.39, 0.29) is 17.9 Å². The maximum atomic E-state index is 12.2. The largest absolute Gasteiger partial charge is 0.467 e. The first kappa shape index (κ1) is 14.4. The molecule has 5 nitrogen and oxygen atoms in total. The molecular formula is C15H16BrNO4. The lowest BCUT2D eigenvalue weighted by Crippen LogP contribution is -2.42. The summed E-state index contributed by atoms with van der Waals surface area (Å²) >= 11 is 3.47. The Morgan fingerprint density at radius 1 is 1.29 bits per heavy atom. The SMILES string of the molecule is COC(=O)[C@@H]1C[C@H]2Cc3cc(Br)ccc3[C@H]2N1C(=O)OC. The van der Waals surface area contributed by atoms with Gasteiger partial charge in [0, 0.05) is 4.47 Å². The van der Waals surface area contributed by atoms with Crippen molar-refractivity contribution in [3.8, 4) is 0 Å². The van der Waals surface area contributed by atoms with Crippen molar-refractivity contribution >= 4 is 28.0 Å². The van der Waals surface area contributed by atoms with E-state index in [0.29, 0.717) is 6.42 Å². The van der Waals surface area contributed by atoms with Crippen LogP contribution in [0.5, 0.6) is 0 Å². The van der Waals surface area contributed by atoms with Crippen molar-refractivity contribution in [3.63, 3.8) is 0 Å². The molecule has 3 atom stereocenters. The fourth-order valence-corrected chi connectivity index (χ4v) is 3.97. The van der Waals surface area contributed by atoms with Crippen LogP contribution < -0.4 is 0 Å². The molecule has 1 heterocycles. The number of ether oxygens (including phenoxy) is 2. The van der Waals surface area contributed by atoms with Crippen molar-refractivity contribution in [2.45, 2.75) is 24.9 Å². The van der Waals surface area contributed by atoms with Crippen LogP contribution in [0.25, 0.3) is 0 Å². The van der Waals surface area contributed by atoms with Gasteiger partial charge in [-0.25, -0.2) is 9.59 Å². The third-order valence-electron chi connectivity index (χ3n) is 4.37. The predicted molar refractivity (Wildman–Crippen MR) is 78.7 cm³/mol. The lowest BCUT2D eigenvalue weighted by molar-refractivity contribution is -0.145. The minimum Gasteiger partial charge on any atom is -0.467 e. The van der Waals surface area contributed by atoms with Crippen molar-refractivity contribution in [2.24, 2.45) is 5.92 Å². The van der Waals surface area contributed by atoms with Crippen molar-refractivity contribution in [2.75, 3.05) is 14.2 Å². The monoisotopic (exact) mass is 353 g/mol. The van der Waals surface area contributed by atoms with Gasteiger partial charge < -0.3 is 9.47 Å². The number of fused-ring (bicyclic) bond motifs is 3. The average Bonchev–Trinajstić information content (AvgIpc) is 3.00. The van der Waals surface area contributed by atoms with Crippen LogP contribution in [0, 0.1) is 5.92 Å². The number of carbonyl (C=O) groups is 2. The van der Waals surface area contributed by atoms with Crippen LogP contribution in [0.15, 0.2) is 22.7 Å². The summed E-state index contributed by atoms with van der Waals surface area (Å²) in [7, 11) is 2.68. The van der Waals surface area contributed by atoms with E-state index in [2.05, 4.69) is 22.0 Å². The highest BCUT2D eigenvalue weighted by molar-refractivity contribution is 9.10. The number of nitrogens with zero attached hydrogens (tertiary/aromatic N) is 1. The van der Waals surface area contributed by atoms with Crippen molar-refractivity contribution in [1.82, 2.24) is 4.90 Å². The molecule has 1 aromatic carbocycles. The van der Waals surface area contributed by atoms with Crippen LogP contribution in [0.1, 0.15) is 23.6 Å². The zero-order valence-corrected chi connectivity index (χ0v) is 13.4. The number of methoxy groups -OCH3 is 2. The van der Waals surface area contributed by atoms with Gasteiger partial charge in [-0.1, -0.05) is 22.0 Å². The van der Waals surface area contributed by atoms with Gasteiger partial charge in [0.05, 0.1) is 20.3 Å². The zero-order valence-electron chi connectivity index (χ0n) is 11.8. The molecule has 2 aliphatic rings. The molecular weight excluding hydrogens is 338 g/mol. The molecule has 0 radical (unpaired) electrons. The molecule has 1 saturated heterocycles. The van der Waals surface area contributed by atoms with Gasteiger partial charge in [-0.05, 0) is 42.0 Å². The van der Waals surface area contributed by atoms with E-state index in [1.165, 1.54) is 24.7 Å². The molecule has 0 unspecified atom stereocenters. The highest BCUT2D eigenvalue weighted by Crippen LogP contribution is 2.49. The molecule has 0 saturated carbocycles. The van der Waals surface area contributed by atoms with Crippen LogP contribution in [0.4, 0.5) is 4.79 Å². The second-order valence-corrected chi connectivity index (χ2v) is 6.32. The number of benzene rings is 1. The maximum Gasteiger partial charge on any atom is 0.410 e. The number of amides is 1. The lowest BCUT2D eigenvalue weighted by atomic mass is 10.00. The Labute approximate surface area is 131 Å². The van der Waals surface area contributed by atoms with Gasteiger partial charge in [0.2, 0.25) is 0 Å². The second-order valence-electron chi connectivity index (χ2n) is 5.40. The third kappa shape index (κ3) is 2.21. The van der Waals surface area contributed by atoms with E-state index in [0.717, 1.165) is 16.5 Å². The van der Waals surface area contributed by atoms with Crippen molar-refractivity contribution in [3.05, 3.63) is 33.8 Å². The number of likely N-dealkylation sites (tertiary alicyclic amines) is 1. The Morgan fingerprint density at radius 2 is 2.05 bits per heavy atom. The minimum absolute atomic E-state index is 0.107. The van der Waals surface area contributed by atoms with Crippen molar-refractivity contribution < 1.29 is 19.1 Å². The van der Waals surface area contributed by atoms with Crippen molar-refractivity contribution in [1.29, 1.82) is 0 Å². The van der Waals surface area contributed by atoms with Crippen LogP contribution in [0.2, 0.25) is 0 Å². The Kier molecular flexibility index (Phi) is 3.65. The molecule has 21 heavy (non-hydrogen) atoms. The normalized spacial score (nSPS) is 26.2. The van der Waals surface area contributed by atoms with Gasteiger partial charge in [0.1, 0.15) is 6.04 Å². The first-order valence-electron chi connectivity index (χ1n) is 6.79. The number of hydrogen-bond donors (Lipinski definition) is 0. The molecule has 1 aliphatic carbocycles. The number of hydrogen-bond acceptors (Lipinski definition) is 4. The van der Waals surface area contributed by atoms with Crippen LogP contribution in [-0.4, -0.2) is 37.2 Å². The number of carbonyl (C=O) groups excluding carboxylic acids is 2. The molecule has 0 bridgehead atoms. The molecule has 0 spiro atoms. The van der Waals surface area contributed by atoms with E-state index in [1.807, 2.05) is 12.1 Å². The van der Waals surface area contributed by atoms with E-state index in [4.69, 9.17) is 9.47 Å². The van der Waals surface area contributed by atoms with E-state index >= 15 is 0 Å². The van der Waals surface area contributed by atoms with E-state index < -0.39 is 12.1 Å². The standard InChI is InChI=1S/C15H16BrNO4/c1-20-14(18)12-7-9-5-8-6-10(16)3-4-11(8)13(9)17(12)15(19)21-2/h3-4,6,9,12-13H,5,7H2,1-2H3/t9-,12+,13+/m1/s1. The van der Waals surface area contributed by atoms with E-state index in [1.54, 1.807) is 0 Å². The Hall–Kier alpha value is -1.56. The molecule has 112 valence electrons. The van der Waals surface area contributed by atoms with Gasteiger partial charge in [0.25, 0.3) is 0 Å². The Balaban J connectivity index is 2.01. The first-order valence-corrected chi connectivity index (χ1v) is 7.58. The predicted octanol–water partition coefficient (Wildman–Crippen LogP) is 2.68. The van der Waals surface area contributed by atoms with Crippen LogP contribution >= 0.6 is 15.9 Å². The molecule has 3 rings (SSSR count). The second kappa shape index (κ2) is 5.33. The molecule has 0 N–H and O–H groups in total. The first-order chi connectivity index (χ1) is 10.1. The van der Waals surface area contributed by atoms with Gasteiger partial charge in [-0.2, -0.15) is 0 Å². The van der Waals surface area contributed by atoms with Crippen LogP contribution in [-0.2, 0) is 20.7 Å². The highest BCUT2D eigenvalue weighted by atomic mass is 79.9. The Morgan fingerprint density at radius 3 is 2.71 bits per heavy atom. The summed E-state index contributed by atoms with van der Waals surface area (Å²) in [6, 6.07) is 5.39. The fourth-order valence-electron chi connectivity index (χ4n) is 3.56. The zero-order chi connectivity index (χ0) is 15.1. The molecule has 1 fully saturated rings. The van der Waals surface area contributed by atoms with Gasteiger partial charge >= 0.3 is 12.1 Å². The summed E-state index contributed by atoms with van der Waals surface area (Å²) in [4.78, 5) is 25.7. The summed E-state index contributed by atoms with van der Waals surface area (Å²) in [6.07, 6.45) is 0.993. The summed E-state index contributed by atoms with van der Waals surface area (Å²) in [5.74, 6) is -0.147. The van der Waals surface area contributed by atoms with Crippen LogP contribution in [0.3, 0.4) is 0 Å². The highest BCUT2D eigenvalue weighted by Gasteiger charge is 2.52. The summed E-state index contributed by atoms with van der Waals surface area (Å²) in [5, 5.41) is 0. The third-order valence-corrected chi connectivity index (χ3v) is 4.87. The lowest BCUT2D eigenvalue weighted by Gasteiger charge is -2.27. The maximum absolute atomic E-state index is 12.2. The van der Waals surface area contributed by atoms with Gasteiger partial charge in [-0.3, -0.25) is 4.90 Å². The molecule has 1 aromatic rings. The summed E-state index contributed by atoms with van der Waals surface area (Å²) < 4.78 is 10.7.